The molecule has 2 aromatic carbocycles. The number of halogens is 3. The van der Waals surface area contributed by atoms with Gasteiger partial charge in [-0.1, -0.05) is 46.3 Å². The monoisotopic (exact) mass is 406 g/mol. The molecule has 0 spiro atoms. The first-order valence-corrected chi connectivity index (χ1v) is 7.13. The Labute approximate surface area is 122 Å². The van der Waals surface area contributed by atoms with Crippen molar-refractivity contribution in [2.75, 3.05) is 0 Å². The van der Waals surface area contributed by atoms with E-state index in [1.165, 1.54) is 3.57 Å². The molecule has 82 valence electrons. The lowest BCUT2D eigenvalue weighted by molar-refractivity contribution is 1.13. The van der Waals surface area contributed by atoms with Gasteiger partial charge in [-0.15, -0.1) is 11.6 Å². The minimum absolute atomic E-state index is 0.0822. The highest BCUT2D eigenvalue weighted by molar-refractivity contribution is 14.1. The molecule has 0 bridgehead atoms. The number of alkyl halides is 1. The lowest BCUT2D eigenvalue weighted by Gasteiger charge is -2.12. The molecule has 16 heavy (non-hydrogen) atoms. The molecule has 2 aromatic rings. The van der Waals surface area contributed by atoms with Crippen molar-refractivity contribution in [1.82, 2.24) is 0 Å². The molecule has 3 heteroatoms. The Morgan fingerprint density at radius 2 is 1.62 bits per heavy atom. The zero-order valence-corrected chi connectivity index (χ0v) is 12.8. The molecule has 2 rings (SSSR count). The van der Waals surface area contributed by atoms with Gasteiger partial charge in [0.1, 0.15) is 0 Å². The van der Waals surface area contributed by atoms with E-state index < -0.39 is 0 Å². The van der Waals surface area contributed by atoms with Gasteiger partial charge in [0.25, 0.3) is 0 Å². The second-order valence-corrected chi connectivity index (χ2v) is 5.95. The first-order valence-electron chi connectivity index (χ1n) is 4.82. The average molecular weight is 407 g/mol. The summed E-state index contributed by atoms with van der Waals surface area (Å²) in [6.07, 6.45) is 0. The van der Waals surface area contributed by atoms with E-state index >= 15 is 0 Å². The molecule has 0 aromatic heterocycles. The van der Waals surface area contributed by atoms with Gasteiger partial charge in [-0.3, -0.25) is 0 Å². The topological polar surface area (TPSA) is 0 Å². The van der Waals surface area contributed by atoms with Crippen molar-refractivity contribution in [3.05, 3.63) is 67.7 Å². The van der Waals surface area contributed by atoms with Crippen LogP contribution in [0.25, 0.3) is 0 Å². The van der Waals surface area contributed by atoms with Crippen LogP contribution in [0.5, 0.6) is 0 Å². The smallest absolute Gasteiger partial charge is 0.0845 e. The van der Waals surface area contributed by atoms with Gasteiger partial charge in [0.15, 0.2) is 0 Å². The summed E-state index contributed by atoms with van der Waals surface area (Å²) in [5.41, 5.74) is 2.28. The SMILES string of the molecule is ClC(c1ccc(Br)cc1)c1ccccc1I. The first-order chi connectivity index (χ1) is 7.68. The van der Waals surface area contributed by atoms with E-state index in [-0.39, 0.29) is 5.38 Å². The third-order valence-corrected chi connectivity index (χ3v) is 4.34. The molecular formula is C13H9BrClI. The Kier molecular flexibility index (Phi) is 4.27. The molecular weight excluding hydrogens is 398 g/mol. The highest BCUT2D eigenvalue weighted by atomic mass is 127. The Hall–Kier alpha value is -0.0600. The maximum Gasteiger partial charge on any atom is 0.0845 e. The van der Waals surface area contributed by atoms with Crippen LogP contribution in [0.3, 0.4) is 0 Å². The van der Waals surface area contributed by atoms with Crippen LogP contribution in [0.15, 0.2) is 53.0 Å². The fourth-order valence-corrected chi connectivity index (χ4v) is 2.97. The quantitative estimate of drug-likeness (QED) is 0.463. The molecule has 0 saturated carbocycles. The molecule has 0 amide bonds. The minimum atomic E-state index is -0.0822. The van der Waals surface area contributed by atoms with E-state index in [4.69, 9.17) is 11.6 Å². The van der Waals surface area contributed by atoms with E-state index in [1.807, 2.05) is 36.4 Å². The molecule has 0 aliphatic heterocycles. The third-order valence-electron chi connectivity index (χ3n) is 2.34. The van der Waals surface area contributed by atoms with Crippen LogP contribution >= 0.6 is 50.1 Å². The van der Waals surface area contributed by atoms with Crippen LogP contribution < -0.4 is 0 Å². The summed E-state index contributed by atoms with van der Waals surface area (Å²) in [4.78, 5) is 0. The van der Waals surface area contributed by atoms with E-state index in [2.05, 4.69) is 50.7 Å². The highest BCUT2D eigenvalue weighted by Crippen LogP contribution is 2.32. The van der Waals surface area contributed by atoms with Crippen molar-refractivity contribution in [3.8, 4) is 0 Å². The molecule has 0 radical (unpaired) electrons. The predicted octanol–water partition coefficient (Wildman–Crippen LogP) is 5.38. The number of rotatable bonds is 2. The molecule has 0 nitrogen and oxygen atoms in total. The lowest BCUT2D eigenvalue weighted by Crippen LogP contribution is -1.95. The summed E-state index contributed by atoms with van der Waals surface area (Å²) in [6, 6.07) is 16.3. The summed E-state index contributed by atoms with van der Waals surface area (Å²) >= 11 is 12.2. The van der Waals surface area contributed by atoms with E-state index in [9.17, 15) is 0 Å². The van der Waals surface area contributed by atoms with E-state index in [0.29, 0.717) is 0 Å². The average Bonchev–Trinajstić information content (AvgIpc) is 2.30. The molecule has 1 unspecified atom stereocenters. The molecule has 0 fully saturated rings. The molecule has 0 aliphatic rings. The van der Waals surface area contributed by atoms with Gasteiger partial charge >= 0.3 is 0 Å². The van der Waals surface area contributed by atoms with Crippen molar-refractivity contribution < 1.29 is 0 Å². The van der Waals surface area contributed by atoms with Gasteiger partial charge in [-0.2, -0.15) is 0 Å². The van der Waals surface area contributed by atoms with Crippen LogP contribution in [0.4, 0.5) is 0 Å². The zero-order valence-electron chi connectivity index (χ0n) is 8.33. The second-order valence-electron chi connectivity index (χ2n) is 3.44. The van der Waals surface area contributed by atoms with Gasteiger partial charge in [-0.05, 0) is 51.9 Å². The summed E-state index contributed by atoms with van der Waals surface area (Å²) in [6.45, 7) is 0. The van der Waals surface area contributed by atoms with Gasteiger partial charge < -0.3 is 0 Å². The molecule has 0 aliphatic carbocycles. The Morgan fingerprint density at radius 3 is 2.25 bits per heavy atom. The maximum absolute atomic E-state index is 6.47. The predicted molar refractivity (Wildman–Crippen MR) is 81.0 cm³/mol. The molecule has 1 atom stereocenters. The standard InChI is InChI=1S/C13H9BrClI/c14-10-7-5-9(6-8-10)13(15)11-3-1-2-4-12(11)16/h1-8,13H. The largest absolute Gasteiger partial charge is 0.113 e. The first kappa shape index (κ1) is 12.4. The number of hydrogen-bond acceptors (Lipinski definition) is 0. The summed E-state index contributed by atoms with van der Waals surface area (Å²) < 4.78 is 2.27. The van der Waals surface area contributed by atoms with Crippen LogP contribution in [0, 0.1) is 3.57 Å². The minimum Gasteiger partial charge on any atom is -0.113 e. The zero-order chi connectivity index (χ0) is 11.5. The van der Waals surface area contributed by atoms with Crippen molar-refractivity contribution >= 4 is 50.1 Å². The molecule has 0 heterocycles. The van der Waals surface area contributed by atoms with Gasteiger partial charge in [0.2, 0.25) is 0 Å². The van der Waals surface area contributed by atoms with Crippen LogP contribution in [0.1, 0.15) is 16.5 Å². The van der Waals surface area contributed by atoms with Crippen LogP contribution in [0.2, 0.25) is 0 Å². The molecule has 0 saturated heterocycles. The highest BCUT2D eigenvalue weighted by Gasteiger charge is 2.12. The van der Waals surface area contributed by atoms with Crippen molar-refractivity contribution in [1.29, 1.82) is 0 Å². The molecule has 0 N–H and O–H groups in total. The van der Waals surface area contributed by atoms with Gasteiger partial charge in [-0.25, -0.2) is 0 Å². The lowest BCUT2D eigenvalue weighted by atomic mass is 10.0. The Morgan fingerprint density at radius 1 is 1.00 bits per heavy atom. The normalized spacial score (nSPS) is 12.4. The fourth-order valence-electron chi connectivity index (χ4n) is 1.49. The maximum atomic E-state index is 6.47. The third kappa shape index (κ3) is 2.79. The van der Waals surface area contributed by atoms with E-state index in [1.54, 1.807) is 0 Å². The Bertz CT molecular complexity index is 482. The number of hydrogen-bond donors (Lipinski definition) is 0. The Balaban J connectivity index is 2.35. The van der Waals surface area contributed by atoms with Gasteiger partial charge in [0, 0.05) is 8.04 Å². The van der Waals surface area contributed by atoms with Crippen LogP contribution in [-0.2, 0) is 0 Å². The number of benzene rings is 2. The fraction of sp³-hybridized carbons (Fsp3) is 0.0769. The summed E-state index contributed by atoms with van der Waals surface area (Å²) in [7, 11) is 0. The summed E-state index contributed by atoms with van der Waals surface area (Å²) in [5.74, 6) is 0. The van der Waals surface area contributed by atoms with Gasteiger partial charge in [0.05, 0.1) is 5.38 Å². The van der Waals surface area contributed by atoms with Crippen molar-refractivity contribution in [2.24, 2.45) is 0 Å². The van der Waals surface area contributed by atoms with Crippen molar-refractivity contribution in [2.45, 2.75) is 5.38 Å². The van der Waals surface area contributed by atoms with Crippen LogP contribution in [-0.4, -0.2) is 0 Å². The van der Waals surface area contributed by atoms with Crippen molar-refractivity contribution in [3.63, 3.8) is 0 Å². The second kappa shape index (κ2) is 5.52. The van der Waals surface area contributed by atoms with E-state index in [0.717, 1.165) is 15.6 Å². The summed E-state index contributed by atoms with van der Waals surface area (Å²) in [5, 5.41) is -0.0822.